The molecular weight excluding hydrogens is 340 g/mol. The molecule has 2 aliphatic rings. The van der Waals surface area contributed by atoms with E-state index in [0.29, 0.717) is 5.95 Å². The van der Waals surface area contributed by atoms with Gasteiger partial charge in [0.1, 0.15) is 5.82 Å². The van der Waals surface area contributed by atoms with Crippen molar-refractivity contribution in [1.82, 2.24) is 14.9 Å². The number of aromatic nitrogens is 2. The zero-order valence-electron chi connectivity index (χ0n) is 16.2. The first-order valence-corrected chi connectivity index (χ1v) is 9.66. The lowest BCUT2D eigenvalue weighted by atomic mass is 10.2. The van der Waals surface area contributed by atoms with E-state index in [1.807, 2.05) is 13.0 Å². The summed E-state index contributed by atoms with van der Waals surface area (Å²) in [6, 6.07) is 10.6. The van der Waals surface area contributed by atoms with Crippen molar-refractivity contribution < 1.29 is 4.74 Å². The highest BCUT2D eigenvalue weighted by atomic mass is 16.5. The van der Waals surface area contributed by atoms with Crippen LogP contribution >= 0.6 is 0 Å². The third kappa shape index (κ3) is 4.48. The van der Waals surface area contributed by atoms with Crippen LogP contribution in [0.1, 0.15) is 5.69 Å². The summed E-state index contributed by atoms with van der Waals surface area (Å²) >= 11 is 0. The van der Waals surface area contributed by atoms with Crippen LogP contribution in [0, 0.1) is 6.92 Å². The highest BCUT2D eigenvalue weighted by Gasteiger charge is 2.15. The van der Waals surface area contributed by atoms with Crippen molar-refractivity contribution in [1.29, 1.82) is 0 Å². The normalized spacial score (nSPS) is 18.6. The van der Waals surface area contributed by atoms with Gasteiger partial charge >= 0.3 is 0 Å². The molecule has 144 valence electrons. The van der Waals surface area contributed by atoms with Crippen LogP contribution in [-0.2, 0) is 4.74 Å². The molecule has 2 saturated heterocycles. The number of benzene rings is 1. The highest BCUT2D eigenvalue weighted by molar-refractivity contribution is 5.60. The van der Waals surface area contributed by atoms with E-state index in [1.165, 1.54) is 5.69 Å². The molecule has 1 aromatic carbocycles. The van der Waals surface area contributed by atoms with Crippen molar-refractivity contribution in [3.63, 3.8) is 0 Å². The van der Waals surface area contributed by atoms with Gasteiger partial charge in [-0.1, -0.05) is 0 Å². The quantitative estimate of drug-likeness (QED) is 0.887. The van der Waals surface area contributed by atoms with Gasteiger partial charge < -0.3 is 24.8 Å². The number of likely N-dealkylation sites (N-methyl/N-ethyl adjacent to an activating group) is 1. The van der Waals surface area contributed by atoms with Crippen LogP contribution in [-0.4, -0.2) is 74.4 Å². The summed E-state index contributed by atoms with van der Waals surface area (Å²) in [6.45, 7) is 9.63. The highest BCUT2D eigenvalue weighted by Crippen LogP contribution is 2.22. The molecule has 0 atom stereocenters. The van der Waals surface area contributed by atoms with Crippen LogP contribution in [0.3, 0.4) is 0 Å². The minimum absolute atomic E-state index is 0.642. The predicted molar refractivity (Wildman–Crippen MR) is 109 cm³/mol. The fourth-order valence-electron chi connectivity index (χ4n) is 3.51. The number of hydrogen-bond acceptors (Lipinski definition) is 7. The Morgan fingerprint density at radius 3 is 2.30 bits per heavy atom. The Bertz CT molecular complexity index is 752. The van der Waals surface area contributed by atoms with Crippen LogP contribution in [0.25, 0.3) is 0 Å². The second-order valence-electron chi connectivity index (χ2n) is 7.25. The van der Waals surface area contributed by atoms with Crippen LogP contribution < -0.4 is 15.1 Å². The van der Waals surface area contributed by atoms with Gasteiger partial charge in [-0.05, 0) is 38.2 Å². The van der Waals surface area contributed by atoms with Gasteiger partial charge in [-0.2, -0.15) is 4.98 Å². The summed E-state index contributed by atoms with van der Waals surface area (Å²) in [5, 5.41) is 3.35. The maximum atomic E-state index is 5.44. The Labute approximate surface area is 161 Å². The molecule has 1 aromatic heterocycles. The minimum atomic E-state index is 0.642. The van der Waals surface area contributed by atoms with E-state index in [9.17, 15) is 0 Å². The number of nitrogens with one attached hydrogen (secondary N) is 1. The van der Waals surface area contributed by atoms with Crippen molar-refractivity contribution in [2.24, 2.45) is 0 Å². The molecule has 0 radical (unpaired) electrons. The van der Waals surface area contributed by atoms with Crippen LogP contribution in [0.15, 0.2) is 30.3 Å². The van der Waals surface area contributed by atoms with Crippen molar-refractivity contribution >= 4 is 23.1 Å². The van der Waals surface area contributed by atoms with Gasteiger partial charge in [0.25, 0.3) is 0 Å². The monoisotopic (exact) mass is 368 g/mol. The van der Waals surface area contributed by atoms with Gasteiger partial charge in [0.2, 0.25) is 5.95 Å². The lowest BCUT2D eigenvalue weighted by Crippen LogP contribution is -2.44. The maximum Gasteiger partial charge on any atom is 0.229 e. The Kier molecular flexibility index (Phi) is 5.40. The molecule has 2 fully saturated rings. The van der Waals surface area contributed by atoms with Crippen molar-refractivity contribution in [2.45, 2.75) is 6.92 Å². The largest absolute Gasteiger partial charge is 0.378 e. The number of nitrogens with zero attached hydrogens (tertiary/aromatic N) is 5. The molecule has 0 unspecified atom stereocenters. The Morgan fingerprint density at radius 1 is 0.889 bits per heavy atom. The molecular formula is C20H28N6O. The molecule has 3 heterocycles. The summed E-state index contributed by atoms with van der Waals surface area (Å²) in [4.78, 5) is 16.3. The van der Waals surface area contributed by atoms with E-state index in [0.717, 1.165) is 69.7 Å². The molecule has 0 aliphatic carbocycles. The van der Waals surface area contributed by atoms with Gasteiger partial charge in [0.15, 0.2) is 0 Å². The zero-order chi connectivity index (χ0) is 18.6. The van der Waals surface area contributed by atoms with E-state index >= 15 is 0 Å². The number of rotatable bonds is 4. The van der Waals surface area contributed by atoms with Crippen LogP contribution in [0.5, 0.6) is 0 Å². The smallest absolute Gasteiger partial charge is 0.229 e. The van der Waals surface area contributed by atoms with E-state index in [-0.39, 0.29) is 0 Å². The average Bonchev–Trinajstić information content (AvgIpc) is 2.69. The molecule has 2 aliphatic heterocycles. The third-order valence-corrected chi connectivity index (χ3v) is 5.17. The van der Waals surface area contributed by atoms with Gasteiger partial charge in [0.05, 0.1) is 13.2 Å². The Balaban J connectivity index is 1.45. The van der Waals surface area contributed by atoms with Crippen molar-refractivity contribution in [2.75, 3.05) is 74.6 Å². The number of anilines is 4. The van der Waals surface area contributed by atoms with Gasteiger partial charge in [-0.25, -0.2) is 4.98 Å². The number of ether oxygens (including phenoxy) is 1. The van der Waals surface area contributed by atoms with Crippen LogP contribution in [0.2, 0.25) is 0 Å². The summed E-state index contributed by atoms with van der Waals surface area (Å²) in [6.07, 6.45) is 0. The maximum absolute atomic E-state index is 5.44. The molecule has 1 N–H and O–H groups in total. The second-order valence-corrected chi connectivity index (χ2v) is 7.25. The minimum Gasteiger partial charge on any atom is -0.378 e. The molecule has 27 heavy (non-hydrogen) atoms. The summed E-state index contributed by atoms with van der Waals surface area (Å²) in [7, 11) is 2.18. The van der Waals surface area contributed by atoms with Gasteiger partial charge in [-0.3, -0.25) is 0 Å². The summed E-state index contributed by atoms with van der Waals surface area (Å²) < 4.78 is 5.44. The first-order chi connectivity index (χ1) is 13.2. The standard InChI is InChI=1S/C20H28N6O/c1-16-15-19(26-11-13-27-14-12-26)23-20(21-16)22-17-3-5-18(6-4-17)25-9-7-24(2)8-10-25/h3-6,15H,7-14H2,1-2H3,(H,21,22,23). The SMILES string of the molecule is Cc1cc(N2CCOCC2)nc(Nc2ccc(N3CCN(C)CC3)cc2)n1. The predicted octanol–water partition coefficient (Wildman–Crippen LogP) is 2.12. The van der Waals surface area contributed by atoms with Gasteiger partial charge in [-0.15, -0.1) is 0 Å². The Hall–Kier alpha value is -2.38. The lowest BCUT2D eigenvalue weighted by Gasteiger charge is -2.34. The molecule has 2 aromatic rings. The van der Waals surface area contributed by atoms with E-state index < -0.39 is 0 Å². The molecule has 0 spiro atoms. The van der Waals surface area contributed by atoms with E-state index in [4.69, 9.17) is 9.72 Å². The molecule has 0 saturated carbocycles. The first-order valence-electron chi connectivity index (χ1n) is 9.66. The third-order valence-electron chi connectivity index (χ3n) is 5.17. The molecule has 0 bridgehead atoms. The number of hydrogen-bond donors (Lipinski definition) is 1. The fraction of sp³-hybridized carbons (Fsp3) is 0.500. The second kappa shape index (κ2) is 8.10. The number of morpholine rings is 1. The Morgan fingerprint density at radius 2 is 1.59 bits per heavy atom. The van der Waals surface area contributed by atoms with Crippen molar-refractivity contribution in [3.05, 3.63) is 36.0 Å². The average molecular weight is 368 g/mol. The summed E-state index contributed by atoms with van der Waals surface area (Å²) in [5.41, 5.74) is 3.24. The first kappa shape index (κ1) is 18.0. The molecule has 0 amide bonds. The van der Waals surface area contributed by atoms with Crippen molar-refractivity contribution in [3.8, 4) is 0 Å². The summed E-state index contributed by atoms with van der Waals surface area (Å²) in [5.74, 6) is 1.60. The van der Waals surface area contributed by atoms with E-state index in [1.54, 1.807) is 0 Å². The van der Waals surface area contributed by atoms with E-state index in [2.05, 4.69) is 56.3 Å². The number of piperazine rings is 1. The van der Waals surface area contributed by atoms with Crippen LogP contribution in [0.4, 0.5) is 23.1 Å². The molecule has 7 heteroatoms. The topological polar surface area (TPSA) is 56.8 Å². The zero-order valence-corrected chi connectivity index (χ0v) is 16.2. The fourth-order valence-corrected chi connectivity index (χ4v) is 3.51. The number of aryl methyl sites for hydroxylation is 1. The van der Waals surface area contributed by atoms with Gasteiger partial charge in [0, 0.05) is 62.4 Å². The molecule has 7 nitrogen and oxygen atoms in total. The lowest BCUT2D eigenvalue weighted by molar-refractivity contribution is 0.122. The molecule has 4 rings (SSSR count).